The number of carbonyl (C=O) groups is 1. The molecule has 7 nitrogen and oxygen atoms in total. The Morgan fingerprint density at radius 2 is 1.85 bits per heavy atom. The smallest absolute Gasteiger partial charge is 0.290 e. The van der Waals surface area contributed by atoms with E-state index >= 15 is 0 Å². The van der Waals surface area contributed by atoms with Crippen molar-refractivity contribution in [3.05, 3.63) is 42.2 Å². The van der Waals surface area contributed by atoms with E-state index in [1.165, 1.54) is 4.80 Å². The van der Waals surface area contributed by atoms with Crippen LogP contribution in [-0.2, 0) is 0 Å². The molecule has 0 aliphatic rings. The lowest BCUT2D eigenvalue weighted by Crippen LogP contribution is -2.13. The van der Waals surface area contributed by atoms with Gasteiger partial charge in [0.15, 0.2) is 5.82 Å². The summed E-state index contributed by atoms with van der Waals surface area (Å²) in [6.07, 6.45) is 0. The predicted molar refractivity (Wildman–Crippen MR) is 77.5 cm³/mol. The first-order valence-corrected chi connectivity index (χ1v) is 5.20. The van der Waals surface area contributed by atoms with Crippen LogP contribution in [0, 0.1) is 0 Å². The molecule has 3 rings (SSSR count). The summed E-state index contributed by atoms with van der Waals surface area (Å²) in [7, 11) is 0. The number of benzene rings is 1. The highest BCUT2D eigenvalue weighted by Gasteiger charge is 2.10. The van der Waals surface area contributed by atoms with E-state index in [4.69, 9.17) is 5.73 Å². The Balaban J connectivity index is 0.000001000. The summed E-state index contributed by atoms with van der Waals surface area (Å²) in [6, 6.07) is 11.3. The molecule has 2 N–H and O–H groups in total. The Kier molecular flexibility index (Phi) is 4.95. The molecule has 0 atom stereocenters. The Hall–Kier alpha value is -2.25. The maximum Gasteiger partial charge on any atom is 0.290 e. The predicted octanol–water partition coefficient (Wildman–Crippen LogP) is 1.15. The van der Waals surface area contributed by atoms with Gasteiger partial charge in [-0.25, -0.2) is 4.98 Å². The van der Waals surface area contributed by atoms with Gasteiger partial charge in [-0.1, -0.05) is 18.2 Å². The number of rotatable bonds is 2. The minimum Gasteiger partial charge on any atom is -0.363 e. The number of nitrogens with two attached hydrogens (primary N) is 1. The highest BCUT2D eigenvalue weighted by molar-refractivity contribution is 5.88. The molecule has 104 valence electrons. The highest BCUT2D eigenvalue weighted by atomic mass is 35.5. The van der Waals surface area contributed by atoms with E-state index in [2.05, 4.69) is 20.4 Å². The molecule has 3 aromatic rings. The minimum atomic E-state index is -0.720. The molecule has 0 fully saturated rings. The number of pyridine rings is 1. The number of amides is 1. The van der Waals surface area contributed by atoms with Crippen LogP contribution in [0.5, 0.6) is 0 Å². The summed E-state index contributed by atoms with van der Waals surface area (Å²) in [5.41, 5.74) is 5.87. The number of hydrogen-bond acceptors (Lipinski definition) is 5. The molecule has 0 saturated heterocycles. The number of para-hydroxylation sites is 1. The molecule has 1 amide bonds. The number of halogens is 2. The average molecular weight is 313 g/mol. The van der Waals surface area contributed by atoms with Crippen molar-refractivity contribution in [3.63, 3.8) is 0 Å². The first-order valence-electron chi connectivity index (χ1n) is 5.20. The first kappa shape index (κ1) is 15.8. The van der Waals surface area contributed by atoms with E-state index in [1.807, 2.05) is 30.3 Å². The van der Waals surface area contributed by atoms with Gasteiger partial charge in [0.2, 0.25) is 0 Å². The monoisotopic (exact) mass is 312 g/mol. The third-order valence-electron chi connectivity index (χ3n) is 2.42. The summed E-state index contributed by atoms with van der Waals surface area (Å²) in [5, 5.41) is 12.1. The third kappa shape index (κ3) is 2.84. The van der Waals surface area contributed by atoms with Crippen LogP contribution in [-0.4, -0.2) is 31.1 Å². The Bertz CT molecular complexity index is 744. The topological polar surface area (TPSA) is 99.6 Å². The van der Waals surface area contributed by atoms with Gasteiger partial charge in [0.25, 0.3) is 11.7 Å². The van der Waals surface area contributed by atoms with Crippen LogP contribution in [0.4, 0.5) is 0 Å². The summed E-state index contributed by atoms with van der Waals surface area (Å²) < 4.78 is 0. The molecular formula is C11H10Cl2N6O. The van der Waals surface area contributed by atoms with Crippen molar-refractivity contribution in [3.8, 4) is 5.82 Å². The Morgan fingerprint density at radius 1 is 1.10 bits per heavy atom. The van der Waals surface area contributed by atoms with Crippen LogP contribution < -0.4 is 5.73 Å². The standard InChI is InChI=1S/C11H8N6O.2ClH/c12-10(18)11-14-16-17(15-11)9-6-5-7-3-1-2-4-8(7)13-9;;/h1-6H,(H2,12,18);2*1H. The van der Waals surface area contributed by atoms with Gasteiger partial charge in [0, 0.05) is 5.39 Å². The third-order valence-corrected chi connectivity index (χ3v) is 2.42. The zero-order chi connectivity index (χ0) is 12.5. The first-order chi connectivity index (χ1) is 8.74. The molecule has 1 aromatic carbocycles. The van der Waals surface area contributed by atoms with E-state index in [0.717, 1.165) is 10.9 Å². The lowest BCUT2D eigenvalue weighted by atomic mass is 10.2. The van der Waals surface area contributed by atoms with Gasteiger partial charge < -0.3 is 5.73 Å². The number of hydrogen-bond donors (Lipinski definition) is 1. The van der Waals surface area contributed by atoms with Gasteiger partial charge in [-0.2, -0.15) is 0 Å². The minimum absolute atomic E-state index is 0. The molecule has 0 spiro atoms. The molecular weight excluding hydrogens is 303 g/mol. The molecule has 0 aliphatic carbocycles. The van der Waals surface area contributed by atoms with Gasteiger partial charge in [0.05, 0.1) is 5.52 Å². The van der Waals surface area contributed by atoms with Crippen LogP contribution in [0.2, 0.25) is 0 Å². The maximum absolute atomic E-state index is 10.9. The van der Waals surface area contributed by atoms with Crippen LogP contribution in [0.1, 0.15) is 10.6 Å². The van der Waals surface area contributed by atoms with E-state index < -0.39 is 5.91 Å². The van der Waals surface area contributed by atoms with Gasteiger partial charge in [-0.3, -0.25) is 4.79 Å². The zero-order valence-corrected chi connectivity index (χ0v) is 11.6. The number of nitrogens with zero attached hydrogens (tertiary/aromatic N) is 5. The zero-order valence-electron chi connectivity index (χ0n) is 10.0. The summed E-state index contributed by atoms with van der Waals surface area (Å²) in [5.74, 6) is -0.374. The molecule has 2 aromatic heterocycles. The van der Waals surface area contributed by atoms with Crippen LogP contribution in [0.3, 0.4) is 0 Å². The fourth-order valence-electron chi connectivity index (χ4n) is 1.58. The normalized spacial score (nSPS) is 9.60. The van der Waals surface area contributed by atoms with Crippen LogP contribution >= 0.6 is 24.8 Å². The van der Waals surface area contributed by atoms with Crippen molar-refractivity contribution in [2.45, 2.75) is 0 Å². The maximum atomic E-state index is 10.9. The van der Waals surface area contributed by atoms with Crippen LogP contribution in [0.25, 0.3) is 16.7 Å². The molecule has 2 heterocycles. The van der Waals surface area contributed by atoms with Gasteiger partial charge in [-0.15, -0.1) is 39.8 Å². The van der Waals surface area contributed by atoms with Crippen molar-refractivity contribution in [1.29, 1.82) is 0 Å². The van der Waals surface area contributed by atoms with Gasteiger partial charge >= 0.3 is 0 Å². The molecule has 0 radical (unpaired) electrons. The number of tetrazole rings is 1. The van der Waals surface area contributed by atoms with Crippen LogP contribution in [0.15, 0.2) is 36.4 Å². The number of primary amides is 1. The van der Waals surface area contributed by atoms with Crippen molar-refractivity contribution in [1.82, 2.24) is 25.2 Å². The summed E-state index contributed by atoms with van der Waals surface area (Å²) in [6.45, 7) is 0. The fourth-order valence-corrected chi connectivity index (χ4v) is 1.58. The number of fused-ring (bicyclic) bond motifs is 1. The molecule has 0 saturated carbocycles. The second-order valence-corrected chi connectivity index (χ2v) is 3.63. The highest BCUT2D eigenvalue weighted by Crippen LogP contribution is 2.12. The average Bonchev–Trinajstić information content (AvgIpc) is 2.88. The molecule has 0 aliphatic heterocycles. The summed E-state index contributed by atoms with van der Waals surface area (Å²) >= 11 is 0. The molecule has 9 heteroatoms. The molecule has 20 heavy (non-hydrogen) atoms. The van der Waals surface area contributed by atoms with Gasteiger partial charge in [-0.05, 0) is 23.4 Å². The van der Waals surface area contributed by atoms with Crippen molar-refractivity contribution >= 4 is 41.6 Å². The van der Waals surface area contributed by atoms with E-state index in [-0.39, 0.29) is 30.6 Å². The summed E-state index contributed by atoms with van der Waals surface area (Å²) in [4.78, 5) is 16.4. The quantitative estimate of drug-likeness (QED) is 0.765. The lowest BCUT2D eigenvalue weighted by molar-refractivity contribution is 0.0990. The second kappa shape index (κ2) is 6.27. The lowest BCUT2D eigenvalue weighted by Gasteiger charge is -2.00. The number of carbonyl (C=O) groups excluding carboxylic acids is 1. The number of aromatic nitrogens is 5. The van der Waals surface area contributed by atoms with Crippen molar-refractivity contribution in [2.75, 3.05) is 0 Å². The largest absolute Gasteiger partial charge is 0.363 e. The van der Waals surface area contributed by atoms with Gasteiger partial charge in [0.1, 0.15) is 0 Å². The van der Waals surface area contributed by atoms with E-state index in [9.17, 15) is 4.79 Å². The SMILES string of the molecule is Cl.Cl.NC(=O)c1nnn(-c2ccc3ccccc3n2)n1. The van der Waals surface area contributed by atoms with Crippen molar-refractivity contribution in [2.24, 2.45) is 5.73 Å². The van der Waals surface area contributed by atoms with E-state index in [1.54, 1.807) is 6.07 Å². The molecule has 0 unspecified atom stereocenters. The Labute approximate surface area is 126 Å². The second-order valence-electron chi connectivity index (χ2n) is 3.63. The van der Waals surface area contributed by atoms with E-state index in [0.29, 0.717) is 5.82 Å². The van der Waals surface area contributed by atoms with Crippen molar-refractivity contribution < 1.29 is 4.79 Å². The molecule has 0 bridgehead atoms. The Morgan fingerprint density at radius 3 is 2.55 bits per heavy atom. The fraction of sp³-hybridized carbons (Fsp3) is 0.